The summed E-state index contributed by atoms with van der Waals surface area (Å²) < 4.78 is 0. The van der Waals surface area contributed by atoms with Gasteiger partial charge in [-0.3, -0.25) is 0 Å². The van der Waals surface area contributed by atoms with Crippen molar-refractivity contribution in [2.75, 3.05) is 6.16 Å². The molecule has 8 fully saturated rings. The molecule has 0 amide bonds. The van der Waals surface area contributed by atoms with Gasteiger partial charge in [-0.2, -0.15) is 0 Å². The average molecular weight is 438 g/mol. The molecule has 8 rings (SSSR count). The predicted molar refractivity (Wildman–Crippen MR) is 114 cm³/mol. The summed E-state index contributed by atoms with van der Waals surface area (Å²) in [5.41, 5.74) is -1.01. The summed E-state index contributed by atoms with van der Waals surface area (Å²) in [6.07, 6.45) is 24.2. The van der Waals surface area contributed by atoms with Crippen LogP contribution in [0, 0.1) is 35.5 Å². The van der Waals surface area contributed by atoms with Crippen LogP contribution in [0.15, 0.2) is 0 Å². The molecule has 26 heavy (non-hydrogen) atoms. The number of rotatable bonds is 5. The van der Waals surface area contributed by atoms with Gasteiger partial charge < -0.3 is 0 Å². The second kappa shape index (κ2) is 5.99. The summed E-state index contributed by atoms with van der Waals surface area (Å²) in [7, 11) is 0. The van der Waals surface area contributed by atoms with Gasteiger partial charge in [0.2, 0.25) is 0 Å². The van der Waals surface area contributed by atoms with Crippen molar-refractivity contribution in [1.29, 1.82) is 0 Å². The van der Waals surface area contributed by atoms with E-state index >= 15 is 0 Å². The minimum atomic E-state index is -1.01. The third kappa shape index (κ3) is 2.36. The van der Waals surface area contributed by atoms with Crippen molar-refractivity contribution in [3.8, 4) is 0 Å². The Balaban J connectivity index is 1.44. The van der Waals surface area contributed by atoms with Crippen molar-refractivity contribution >= 4 is 20.6 Å². The molecular weight excluding hydrogens is 398 g/mol. The van der Waals surface area contributed by atoms with Crippen molar-refractivity contribution in [3.05, 3.63) is 0 Å². The number of hydrogen-bond donors (Lipinski definition) is 0. The zero-order chi connectivity index (χ0) is 17.6. The number of unbranched alkanes of at least 4 members (excludes halogenated alkanes) is 1. The fourth-order valence-electron chi connectivity index (χ4n) is 10.4. The van der Waals surface area contributed by atoms with Gasteiger partial charge in [0.05, 0.1) is 0 Å². The molecule has 0 unspecified atom stereocenters. The minimum absolute atomic E-state index is 0.808. The first-order chi connectivity index (χ1) is 12.5. The van der Waals surface area contributed by atoms with Crippen LogP contribution in [-0.4, -0.2) is 31.6 Å². The maximum atomic E-state index is 4.25. The summed E-state index contributed by atoms with van der Waals surface area (Å²) in [4.78, 5) is 0. The summed E-state index contributed by atoms with van der Waals surface area (Å²) >= 11 is 4.25. The molecule has 0 aromatic rings. The van der Waals surface area contributed by atoms with Crippen LogP contribution in [0.4, 0.5) is 0 Å². The van der Waals surface area contributed by atoms with E-state index < -0.39 is 5.51 Å². The maximum absolute atomic E-state index is 4.25. The molecule has 0 nitrogen and oxygen atoms in total. The molecule has 8 aliphatic carbocycles. The molecule has 0 atom stereocenters. The van der Waals surface area contributed by atoms with Gasteiger partial charge in [0.1, 0.15) is 0 Å². The van der Waals surface area contributed by atoms with Crippen molar-refractivity contribution < 1.29 is 0 Å². The zero-order valence-corrected chi connectivity index (χ0v) is 19.5. The van der Waals surface area contributed by atoms with Gasteiger partial charge in [-0.1, -0.05) is 0 Å². The molecule has 0 N–H and O–H groups in total. The monoisotopic (exact) mass is 438 g/mol. The van der Waals surface area contributed by atoms with E-state index in [1.807, 2.05) is 0 Å². The summed E-state index contributed by atoms with van der Waals surface area (Å²) in [6, 6.07) is 0. The Morgan fingerprint density at radius 3 is 1.23 bits per heavy atom. The molecule has 0 spiro atoms. The van der Waals surface area contributed by atoms with Crippen LogP contribution in [0.2, 0.25) is 0 Å². The number of hydrogen-bond acceptors (Lipinski definition) is 0. The fourth-order valence-corrected chi connectivity index (χ4v) is 20.0. The van der Waals surface area contributed by atoms with E-state index in [0.717, 1.165) is 45.8 Å². The van der Waals surface area contributed by atoms with E-state index in [1.165, 1.54) is 12.8 Å². The molecule has 0 saturated heterocycles. The molecule has 0 aliphatic heterocycles. The van der Waals surface area contributed by atoms with Crippen molar-refractivity contribution in [1.82, 2.24) is 0 Å². The van der Waals surface area contributed by atoms with E-state index in [0.29, 0.717) is 0 Å². The van der Waals surface area contributed by atoms with Gasteiger partial charge in [-0.15, -0.1) is 0 Å². The van der Waals surface area contributed by atoms with E-state index in [2.05, 4.69) is 22.0 Å². The van der Waals surface area contributed by atoms with E-state index in [4.69, 9.17) is 0 Å². The standard InChI is InChI=1S/C24H39PSe/c1-2-3-4-25(26,23-11-17-5-18(12-23)7-19(6-17)13-23)24-14-20-8-21(15-24)10-22(9-20)16-24/h17-22H,2-16H2,1H3. The molecular formula is C24H39PSe. The van der Waals surface area contributed by atoms with Crippen LogP contribution in [0.25, 0.3) is 0 Å². The van der Waals surface area contributed by atoms with Crippen LogP contribution in [0.3, 0.4) is 0 Å². The predicted octanol–water partition coefficient (Wildman–Crippen LogP) is 6.83. The first-order valence-electron chi connectivity index (χ1n) is 12.1. The SMILES string of the molecule is CCCCP(=[Se])(C12CC3CC(CC(C3)C1)C2)C12CC3CC(CC(C3)C1)C2. The Hall–Kier alpha value is 0.949. The molecule has 2 heteroatoms. The molecule has 0 radical (unpaired) electrons. The second-order valence-corrected chi connectivity index (χ2v) is 19.8. The van der Waals surface area contributed by atoms with Crippen LogP contribution >= 0.6 is 5.51 Å². The third-order valence-electron chi connectivity index (χ3n) is 10.4. The van der Waals surface area contributed by atoms with Gasteiger partial charge in [-0.25, -0.2) is 0 Å². The molecule has 8 bridgehead atoms. The van der Waals surface area contributed by atoms with E-state index in [1.54, 1.807) is 83.2 Å². The summed E-state index contributed by atoms with van der Waals surface area (Å²) in [6.45, 7) is 2.45. The zero-order valence-electron chi connectivity index (χ0n) is 16.9. The Morgan fingerprint density at radius 1 is 0.654 bits per heavy atom. The first-order valence-corrected chi connectivity index (χ1v) is 16.3. The Kier molecular flexibility index (Phi) is 4.09. The van der Waals surface area contributed by atoms with Crippen molar-refractivity contribution in [2.45, 2.75) is 107 Å². The van der Waals surface area contributed by atoms with Crippen LogP contribution in [0.5, 0.6) is 0 Å². The normalized spacial score (nSPS) is 56.0. The molecule has 0 aromatic carbocycles. The third-order valence-corrected chi connectivity index (χ3v) is 21.5. The topological polar surface area (TPSA) is 0 Å². The van der Waals surface area contributed by atoms with Gasteiger partial charge >= 0.3 is 169 Å². The van der Waals surface area contributed by atoms with Crippen LogP contribution < -0.4 is 0 Å². The van der Waals surface area contributed by atoms with Crippen molar-refractivity contribution in [3.63, 3.8) is 0 Å². The van der Waals surface area contributed by atoms with Gasteiger partial charge in [0.15, 0.2) is 0 Å². The molecule has 8 saturated carbocycles. The first kappa shape index (κ1) is 17.8. The van der Waals surface area contributed by atoms with Crippen molar-refractivity contribution in [2.24, 2.45) is 35.5 Å². The fraction of sp³-hybridized carbons (Fsp3) is 1.00. The molecule has 0 aromatic heterocycles. The van der Waals surface area contributed by atoms with E-state index in [9.17, 15) is 0 Å². The van der Waals surface area contributed by atoms with Gasteiger partial charge in [0.25, 0.3) is 0 Å². The van der Waals surface area contributed by atoms with Crippen LogP contribution in [-0.2, 0) is 0 Å². The Labute approximate surface area is 169 Å². The van der Waals surface area contributed by atoms with Gasteiger partial charge in [0, 0.05) is 0 Å². The van der Waals surface area contributed by atoms with Crippen LogP contribution in [0.1, 0.15) is 96.8 Å². The Bertz CT molecular complexity index is 516. The molecule has 8 aliphatic rings. The Morgan fingerprint density at radius 2 is 0.962 bits per heavy atom. The molecule has 146 valence electrons. The van der Waals surface area contributed by atoms with Gasteiger partial charge in [-0.05, 0) is 0 Å². The summed E-state index contributed by atoms with van der Waals surface area (Å²) in [5.74, 6) is 6.78. The average Bonchev–Trinajstić information content (AvgIpc) is 2.57. The quantitative estimate of drug-likeness (QED) is 0.327. The second-order valence-electron chi connectivity index (χ2n) is 12.1. The van der Waals surface area contributed by atoms with E-state index in [-0.39, 0.29) is 0 Å². The summed E-state index contributed by atoms with van der Waals surface area (Å²) in [5, 5.41) is 1.62. The molecule has 0 heterocycles.